The van der Waals surface area contributed by atoms with Crippen molar-refractivity contribution >= 4 is 0 Å². The third-order valence-electron chi connectivity index (χ3n) is 3.57. The zero-order chi connectivity index (χ0) is 15.2. The van der Waals surface area contributed by atoms with E-state index < -0.39 is 0 Å². The third kappa shape index (κ3) is 4.86. The topological polar surface area (TPSA) is 45.0 Å². The van der Waals surface area contributed by atoms with E-state index in [1.807, 2.05) is 27.0 Å². The van der Waals surface area contributed by atoms with Crippen molar-refractivity contribution in [2.24, 2.45) is 5.41 Å². The maximum absolute atomic E-state index is 8.99. The van der Waals surface area contributed by atoms with Gasteiger partial charge >= 0.3 is 0 Å². The van der Waals surface area contributed by atoms with Gasteiger partial charge in [0.05, 0.1) is 18.1 Å². The van der Waals surface area contributed by atoms with Gasteiger partial charge in [0.25, 0.3) is 0 Å². The van der Waals surface area contributed by atoms with Crippen molar-refractivity contribution in [3.63, 3.8) is 0 Å². The highest BCUT2D eigenvalue weighted by atomic mass is 16.5. The summed E-state index contributed by atoms with van der Waals surface area (Å²) in [6.45, 7) is 8.80. The van der Waals surface area contributed by atoms with Gasteiger partial charge in [0.1, 0.15) is 5.75 Å². The van der Waals surface area contributed by atoms with Crippen molar-refractivity contribution in [2.75, 3.05) is 13.7 Å². The molecule has 1 unspecified atom stereocenters. The number of ether oxygens (including phenoxy) is 1. The molecule has 0 saturated heterocycles. The van der Waals surface area contributed by atoms with Crippen molar-refractivity contribution in [2.45, 2.75) is 46.6 Å². The summed E-state index contributed by atoms with van der Waals surface area (Å²) < 4.78 is 5.91. The molecular formula is C17H26N2O. The zero-order valence-corrected chi connectivity index (χ0v) is 13.3. The first kappa shape index (κ1) is 16.5. The van der Waals surface area contributed by atoms with E-state index in [0.717, 1.165) is 18.6 Å². The lowest BCUT2D eigenvalue weighted by Gasteiger charge is -2.18. The summed E-state index contributed by atoms with van der Waals surface area (Å²) in [5, 5.41) is 12.2. The van der Waals surface area contributed by atoms with Crippen LogP contribution in [0.5, 0.6) is 5.75 Å². The molecule has 0 radical (unpaired) electrons. The van der Waals surface area contributed by atoms with Crippen LogP contribution in [0, 0.1) is 23.7 Å². The number of nitrogens with one attached hydrogen (secondary N) is 1. The van der Waals surface area contributed by atoms with Crippen LogP contribution in [0.4, 0.5) is 0 Å². The predicted molar refractivity (Wildman–Crippen MR) is 82.8 cm³/mol. The van der Waals surface area contributed by atoms with Gasteiger partial charge in [-0.3, -0.25) is 0 Å². The number of nitriles is 1. The number of hydrogen-bond donors (Lipinski definition) is 1. The second-order valence-corrected chi connectivity index (χ2v) is 6.00. The van der Waals surface area contributed by atoms with Gasteiger partial charge in [0.15, 0.2) is 0 Å². The second-order valence-electron chi connectivity index (χ2n) is 6.00. The highest BCUT2D eigenvalue weighted by Crippen LogP contribution is 2.27. The summed E-state index contributed by atoms with van der Waals surface area (Å²) in [6, 6.07) is 8.85. The van der Waals surface area contributed by atoms with E-state index in [-0.39, 0.29) is 11.5 Å². The van der Waals surface area contributed by atoms with Gasteiger partial charge in [-0.15, -0.1) is 0 Å². The number of rotatable bonds is 7. The zero-order valence-electron chi connectivity index (χ0n) is 13.3. The van der Waals surface area contributed by atoms with Gasteiger partial charge in [-0.1, -0.05) is 17.7 Å². The fraction of sp³-hybridized carbons (Fsp3) is 0.588. The van der Waals surface area contributed by atoms with E-state index in [1.165, 1.54) is 11.1 Å². The average Bonchev–Trinajstić information content (AvgIpc) is 2.44. The van der Waals surface area contributed by atoms with Crippen molar-refractivity contribution in [1.29, 1.82) is 5.26 Å². The Morgan fingerprint density at radius 1 is 1.40 bits per heavy atom. The van der Waals surface area contributed by atoms with E-state index in [4.69, 9.17) is 10.00 Å². The highest BCUT2D eigenvalue weighted by Gasteiger charge is 2.16. The maximum atomic E-state index is 8.99. The van der Waals surface area contributed by atoms with Crippen molar-refractivity contribution in [1.82, 2.24) is 5.32 Å². The molecule has 3 heteroatoms. The van der Waals surface area contributed by atoms with Gasteiger partial charge in [0, 0.05) is 11.6 Å². The maximum Gasteiger partial charge on any atom is 0.124 e. The summed E-state index contributed by atoms with van der Waals surface area (Å²) in [6.07, 6.45) is 1.74. The van der Waals surface area contributed by atoms with Gasteiger partial charge in [-0.05, 0) is 53.7 Å². The molecule has 0 aliphatic heterocycles. The normalized spacial score (nSPS) is 12.8. The Balaban J connectivity index is 2.62. The molecule has 1 aromatic carbocycles. The van der Waals surface area contributed by atoms with E-state index in [0.29, 0.717) is 6.61 Å². The van der Waals surface area contributed by atoms with Crippen LogP contribution in [-0.4, -0.2) is 13.7 Å². The van der Waals surface area contributed by atoms with E-state index in [2.05, 4.69) is 37.4 Å². The second kappa shape index (κ2) is 7.31. The van der Waals surface area contributed by atoms with Gasteiger partial charge in [0.2, 0.25) is 0 Å². The van der Waals surface area contributed by atoms with Gasteiger partial charge in [-0.2, -0.15) is 5.26 Å². The quantitative estimate of drug-likeness (QED) is 0.765. The average molecular weight is 274 g/mol. The van der Waals surface area contributed by atoms with Gasteiger partial charge < -0.3 is 10.1 Å². The molecule has 0 spiro atoms. The summed E-state index contributed by atoms with van der Waals surface area (Å²) in [4.78, 5) is 0. The monoisotopic (exact) mass is 274 g/mol. The standard InChI is InChI=1S/C17H26N2O/c1-13-7-8-16(15(11-13)14(2)19-5)20-10-6-9-17(3,4)12-18/h7-8,11,14,19H,6,9-10H2,1-5H3. The number of aryl methyl sites for hydroxylation is 1. The molecule has 0 saturated carbocycles. The van der Waals surface area contributed by atoms with E-state index in [9.17, 15) is 0 Å². The molecule has 1 N–H and O–H groups in total. The summed E-state index contributed by atoms with van der Waals surface area (Å²) in [5.74, 6) is 0.937. The molecule has 0 aromatic heterocycles. The Morgan fingerprint density at radius 3 is 2.70 bits per heavy atom. The molecule has 20 heavy (non-hydrogen) atoms. The van der Waals surface area contributed by atoms with Crippen molar-refractivity contribution in [3.05, 3.63) is 29.3 Å². The lowest BCUT2D eigenvalue weighted by Crippen LogP contribution is -2.15. The van der Waals surface area contributed by atoms with Crippen LogP contribution in [0.1, 0.15) is 50.8 Å². The lowest BCUT2D eigenvalue weighted by atomic mass is 9.90. The Morgan fingerprint density at radius 2 is 2.10 bits per heavy atom. The Bertz CT molecular complexity index is 474. The first-order valence-electron chi connectivity index (χ1n) is 7.21. The SMILES string of the molecule is CNC(C)c1cc(C)ccc1OCCCC(C)(C)C#N. The molecular weight excluding hydrogens is 248 g/mol. The van der Waals surface area contributed by atoms with Crippen LogP contribution >= 0.6 is 0 Å². The number of hydrogen-bond acceptors (Lipinski definition) is 3. The van der Waals surface area contributed by atoms with Crippen LogP contribution in [0.15, 0.2) is 18.2 Å². The first-order valence-corrected chi connectivity index (χ1v) is 7.21. The summed E-state index contributed by atoms with van der Waals surface area (Å²) in [7, 11) is 1.95. The minimum Gasteiger partial charge on any atom is -0.493 e. The Kier molecular flexibility index (Phi) is 6.04. The summed E-state index contributed by atoms with van der Waals surface area (Å²) >= 11 is 0. The molecule has 0 bridgehead atoms. The molecule has 0 aliphatic rings. The largest absolute Gasteiger partial charge is 0.493 e. The molecule has 0 fully saturated rings. The number of benzene rings is 1. The van der Waals surface area contributed by atoms with Crippen molar-refractivity contribution in [3.8, 4) is 11.8 Å². The lowest BCUT2D eigenvalue weighted by molar-refractivity contribution is 0.280. The number of nitrogens with zero attached hydrogens (tertiary/aromatic N) is 1. The van der Waals surface area contributed by atoms with Crippen LogP contribution in [0.2, 0.25) is 0 Å². The molecule has 1 aromatic rings. The fourth-order valence-electron chi connectivity index (χ4n) is 2.05. The van der Waals surface area contributed by atoms with E-state index in [1.54, 1.807) is 0 Å². The van der Waals surface area contributed by atoms with Crippen LogP contribution in [0.25, 0.3) is 0 Å². The molecule has 3 nitrogen and oxygen atoms in total. The van der Waals surface area contributed by atoms with Crippen molar-refractivity contribution < 1.29 is 4.74 Å². The molecule has 0 amide bonds. The molecule has 0 aliphatic carbocycles. The highest BCUT2D eigenvalue weighted by molar-refractivity contribution is 5.38. The Hall–Kier alpha value is -1.53. The van der Waals surface area contributed by atoms with Crippen LogP contribution < -0.4 is 10.1 Å². The Labute approximate surface area is 123 Å². The predicted octanol–water partition coefficient (Wildman–Crippen LogP) is 3.98. The fourth-order valence-corrected chi connectivity index (χ4v) is 2.05. The molecule has 0 heterocycles. The first-order chi connectivity index (χ1) is 9.39. The van der Waals surface area contributed by atoms with Gasteiger partial charge in [-0.25, -0.2) is 0 Å². The van der Waals surface area contributed by atoms with Crippen LogP contribution in [-0.2, 0) is 0 Å². The molecule has 1 rings (SSSR count). The van der Waals surface area contributed by atoms with E-state index >= 15 is 0 Å². The summed E-state index contributed by atoms with van der Waals surface area (Å²) in [5.41, 5.74) is 2.16. The third-order valence-corrected chi connectivity index (χ3v) is 3.57. The molecule has 110 valence electrons. The molecule has 1 atom stereocenters. The minimum atomic E-state index is -0.266. The smallest absolute Gasteiger partial charge is 0.124 e. The van der Waals surface area contributed by atoms with Crippen LogP contribution in [0.3, 0.4) is 0 Å². The minimum absolute atomic E-state index is 0.264.